The number of nitrogens with two attached hydrogens (primary N) is 1. The van der Waals surface area contributed by atoms with Gasteiger partial charge < -0.3 is 11.1 Å². The second-order valence-electron chi connectivity index (χ2n) is 3.17. The van der Waals surface area contributed by atoms with Crippen molar-refractivity contribution >= 4 is 11.8 Å². The highest BCUT2D eigenvalue weighted by Gasteiger charge is 2.14. The van der Waals surface area contributed by atoms with Crippen LogP contribution in [-0.4, -0.2) is 30.1 Å². The molecule has 11 heavy (non-hydrogen) atoms. The van der Waals surface area contributed by atoms with E-state index in [0.29, 0.717) is 5.25 Å². The number of thioether (sulfide) groups is 1. The first-order valence-electron chi connectivity index (χ1n) is 4.38. The Bertz CT molecular complexity index is 102. The fourth-order valence-corrected chi connectivity index (χ4v) is 2.23. The van der Waals surface area contributed by atoms with Crippen molar-refractivity contribution in [3.8, 4) is 0 Å². The summed E-state index contributed by atoms with van der Waals surface area (Å²) < 4.78 is 0. The number of nitrogens with one attached hydrogen (secondary N) is 1. The summed E-state index contributed by atoms with van der Waals surface area (Å²) in [6, 6.07) is 0.758. The van der Waals surface area contributed by atoms with Gasteiger partial charge in [-0.3, -0.25) is 0 Å². The van der Waals surface area contributed by atoms with Gasteiger partial charge in [-0.25, -0.2) is 0 Å². The monoisotopic (exact) mass is 174 g/mol. The van der Waals surface area contributed by atoms with Crippen LogP contribution in [0.4, 0.5) is 0 Å². The lowest BCUT2D eigenvalue weighted by molar-refractivity contribution is 0.672. The molecule has 3 N–H and O–H groups in total. The lowest BCUT2D eigenvalue weighted by Gasteiger charge is -2.12. The van der Waals surface area contributed by atoms with Crippen molar-refractivity contribution in [3.63, 3.8) is 0 Å². The van der Waals surface area contributed by atoms with Crippen molar-refractivity contribution in [2.45, 2.75) is 31.1 Å². The smallest absolute Gasteiger partial charge is 0.0158 e. The highest BCUT2D eigenvalue weighted by molar-refractivity contribution is 7.99. The molecule has 2 nitrogen and oxygen atoms in total. The van der Waals surface area contributed by atoms with Crippen LogP contribution in [0.2, 0.25) is 0 Å². The lowest BCUT2D eigenvalue weighted by Crippen LogP contribution is -2.25. The summed E-state index contributed by atoms with van der Waals surface area (Å²) >= 11 is 1.99. The van der Waals surface area contributed by atoms with Gasteiger partial charge in [-0.05, 0) is 19.4 Å². The molecule has 0 aliphatic carbocycles. The Morgan fingerprint density at radius 2 is 2.55 bits per heavy atom. The first-order valence-corrected chi connectivity index (χ1v) is 5.43. The van der Waals surface area contributed by atoms with Gasteiger partial charge in [0.05, 0.1) is 0 Å². The van der Waals surface area contributed by atoms with Gasteiger partial charge in [-0.1, -0.05) is 6.92 Å². The zero-order valence-electron chi connectivity index (χ0n) is 7.18. The van der Waals surface area contributed by atoms with Crippen LogP contribution in [-0.2, 0) is 0 Å². The van der Waals surface area contributed by atoms with Crippen LogP contribution < -0.4 is 11.1 Å². The summed E-state index contributed by atoms with van der Waals surface area (Å²) in [5, 5.41) is 4.10. The van der Waals surface area contributed by atoms with E-state index in [-0.39, 0.29) is 0 Å². The highest BCUT2D eigenvalue weighted by atomic mass is 32.2. The molecule has 0 aromatic heterocycles. The first-order chi connectivity index (χ1) is 5.33. The molecule has 2 atom stereocenters. The topological polar surface area (TPSA) is 38.0 Å². The van der Waals surface area contributed by atoms with Gasteiger partial charge in [-0.2, -0.15) is 11.8 Å². The summed E-state index contributed by atoms with van der Waals surface area (Å²) in [5.41, 5.74) is 5.52. The molecule has 3 heteroatoms. The normalized spacial score (nSPS) is 27.3. The molecule has 1 saturated heterocycles. The van der Waals surface area contributed by atoms with Crippen LogP contribution in [0.1, 0.15) is 19.8 Å². The summed E-state index contributed by atoms with van der Waals surface area (Å²) in [7, 11) is 0. The molecule has 0 spiro atoms. The maximum absolute atomic E-state index is 5.52. The third-order valence-corrected chi connectivity index (χ3v) is 3.43. The number of hydrogen-bond donors (Lipinski definition) is 2. The van der Waals surface area contributed by atoms with Crippen LogP contribution in [0.25, 0.3) is 0 Å². The highest BCUT2D eigenvalue weighted by Crippen LogP contribution is 2.15. The Morgan fingerprint density at radius 3 is 3.09 bits per heavy atom. The molecule has 2 unspecified atom stereocenters. The summed E-state index contributed by atoms with van der Waals surface area (Å²) in [5.74, 6) is 1.23. The first kappa shape index (κ1) is 9.36. The van der Waals surface area contributed by atoms with Crippen molar-refractivity contribution < 1.29 is 0 Å². The maximum Gasteiger partial charge on any atom is 0.0158 e. The molecule has 66 valence electrons. The van der Waals surface area contributed by atoms with E-state index in [4.69, 9.17) is 5.73 Å². The minimum Gasteiger partial charge on any atom is -0.329 e. The Balaban J connectivity index is 2.01. The minimum atomic E-state index is 0.623. The molecule has 1 aliphatic heterocycles. The van der Waals surface area contributed by atoms with Gasteiger partial charge in [-0.15, -0.1) is 0 Å². The molecular weight excluding hydrogens is 156 g/mol. The second-order valence-corrected chi connectivity index (χ2v) is 4.64. The Hall–Kier alpha value is 0.270. The third-order valence-electron chi connectivity index (χ3n) is 2.08. The summed E-state index contributed by atoms with van der Waals surface area (Å²) in [4.78, 5) is 0. The molecule has 1 fully saturated rings. The third kappa shape index (κ3) is 3.45. The molecule has 0 amide bonds. The fourth-order valence-electron chi connectivity index (χ4n) is 1.25. The van der Waals surface area contributed by atoms with Gasteiger partial charge >= 0.3 is 0 Å². The number of hydrogen-bond acceptors (Lipinski definition) is 3. The quantitative estimate of drug-likeness (QED) is 0.662. The van der Waals surface area contributed by atoms with Crippen molar-refractivity contribution in [3.05, 3.63) is 0 Å². The zero-order chi connectivity index (χ0) is 8.10. The van der Waals surface area contributed by atoms with E-state index in [1.54, 1.807) is 0 Å². The van der Waals surface area contributed by atoms with Crippen molar-refractivity contribution in [1.29, 1.82) is 0 Å². The van der Waals surface area contributed by atoms with Crippen LogP contribution in [0.3, 0.4) is 0 Å². The Labute approximate surface area is 73.3 Å². The van der Waals surface area contributed by atoms with Crippen LogP contribution >= 0.6 is 11.8 Å². The average Bonchev–Trinajstić information content (AvgIpc) is 2.52. The molecule has 0 saturated carbocycles. The average molecular weight is 174 g/mol. The van der Waals surface area contributed by atoms with Gasteiger partial charge in [0.15, 0.2) is 0 Å². The lowest BCUT2D eigenvalue weighted by atomic mass is 10.3. The summed E-state index contributed by atoms with van der Waals surface area (Å²) in [6.07, 6.45) is 2.70. The summed E-state index contributed by atoms with van der Waals surface area (Å²) in [6.45, 7) is 4.21. The van der Waals surface area contributed by atoms with Crippen molar-refractivity contribution in [2.75, 3.05) is 18.8 Å². The molecule has 0 aromatic rings. The Morgan fingerprint density at radius 1 is 1.73 bits per heavy atom. The van der Waals surface area contributed by atoms with Gasteiger partial charge in [0.25, 0.3) is 0 Å². The molecule has 0 radical (unpaired) electrons. The predicted molar refractivity (Wildman–Crippen MR) is 52.0 cm³/mol. The van der Waals surface area contributed by atoms with Gasteiger partial charge in [0, 0.05) is 23.6 Å². The zero-order valence-corrected chi connectivity index (χ0v) is 7.99. The van der Waals surface area contributed by atoms with E-state index in [9.17, 15) is 0 Å². The van der Waals surface area contributed by atoms with Crippen LogP contribution in [0.5, 0.6) is 0 Å². The maximum atomic E-state index is 5.52. The SMILES string of the molecule is CC(CN)SCC1CCCN1. The molecular formula is C8H18N2S. The van der Waals surface area contributed by atoms with Crippen molar-refractivity contribution in [2.24, 2.45) is 5.73 Å². The molecule has 0 bridgehead atoms. The van der Waals surface area contributed by atoms with Crippen molar-refractivity contribution in [1.82, 2.24) is 5.32 Å². The predicted octanol–water partition coefficient (Wildman–Crippen LogP) is 0.819. The van der Waals surface area contributed by atoms with E-state index >= 15 is 0 Å². The Kier molecular flexibility index (Phi) is 4.26. The van der Waals surface area contributed by atoms with Crippen LogP contribution in [0.15, 0.2) is 0 Å². The second kappa shape index (κ2) is 5.01. The molecule has 0 aromatic carbocycles. The van der Waals surface area contributed by atoms with E-state index in [0.717, 1.165) is 12.6 Å². The standard InChI is InChI=1S/C8H18N2S/c1-7(5-9)11-6-8-3-2-4-10-8/h7-8,10H,2-6,9H2,1H3. The molecule has 1 aliphatic rings. The largest absolute Gasteiger partial charge is 0.329 e. The fraction of sp³-hybridized carbons (Fsp3) is 1.00. The van der Waals surface area contributed by atoms with Gasteiger partial charge in [0.1, 0.15) is 0 Å². The molecule has 1 heterocycles. The van der Waals surface area contributed by atoms with E-state index in [2.05, 4.69) is 12.2 Å². The van der Waals surface area contributed by atoms with E-state index in [1.165, 1.54) is 25.1 Å². The van der Waals surface area contributed by atoms with Gasteiger partial charge in [0.2, 0.25) is 0 Å². The minimum absolute atomic E-state index is 0.623. The van der Waals surface area contributed by atoms with E-state index < -0.39 is 0 Å². The molecule has 1 rings (SSSR count). The van der Waals surface area contributed by atoms with E-state index in [1.807, 2.05) is 11.8 Å². The van der Waals surface area contributed by atoms with Crippen LogP contribution in [0, 0.1) is 0 Å². The number of rotatable bonds is 4.